The third-order valence-corrected chi connectivity index (χ3v) is 3.20. The van der Waals surface area contributed by atoms with Crippen LogP contribution in [-0.2, 0) is 4.74 Å². The fourth-order valence-corrected chi connectivity index (χ4v) is 2.19. The van der Waals surface area contributed by atoms with E-state index in [1.807, 2.05) is 13.0 Å². The molecular formula is C15H19F2NO. The Hall–Kier alpha value is -1.42. The highest BCUT2D eigenvalue weighted by Gasteiger charge is 2.24. The maximum Gasteiger partial charge on any atom is 0.131 e. The molecule has 0 fully saturated rings. The number of hydrogen-bond acceptors (Lipinski definition) is 2. The molecule has 0 saturated carbocycles. The van der Waals surface area contributed by atoms with Crippen LogP contribution in [0.25, 0.3) is 0 Å². The Kier molecular flexibility index (Phi) is 4.53. The molecule has 0 bridgehead atoms. The first kappa shape index (κ1) is 14.0. The van der Waals surface area contributed by atoms with E-state index in [1.165, 1.54) is 0 Å². The Labute approximate surface area is 112 Å². The van der Waals surface area contributed by atoms with Crippen LogP contribution in [0.5, 0.6) is 0 Å². The van der Waals surface area contributed by atoms with Crippen molar-refractivity contribution in [2.24, 2.45) is 0 Å². The molecule has 1 atom stereocenters. The van der Waals surface area contributed by atoms with Crippen LogP contribution in [0.1, 0.15) is 36.9 Å². The molecular weight excluding hydrogens is 248 g/mol. The standard InChI is InChI=1S/C15H19F2NO/c1-3-6-18-15(14-5-4-7-19-14)11-8-10(2)12(16)9-13(11)17/h5,8-9,15,18H,3-4,6-7H2,1-2H3. The van der Waals surface area contributed by atoms with Crippen LogP contribution in [0.4, 0.5) is 8.78 Å². The van der Waals surface area contributed by atoms with Crippen molar-refractivity contribution in [3.8, 4) is 0 Å². The first-order valence-corrected chi connectivity index (χ1v) is 6.65. The average Bonchev–Trinajstić information content (AvgIpc) is 2.89. The van der Waals surface area contributed by atoms with Gasteiger partial charge in [-0.25, -0.2) is 8.78 Å². The lowest BCUT2D eigenvalue weighted by Gasteiger charge is -2.21. The molecule has 0 aromatic heterocycles. The minimum atomic E-state index is -0.534. The van der Waals surface area contributed by atoms with Gasteiger partial charge in [-0.05, 0) is 37.6 Å². The number of aryl methyl sites for hydroxylation is 1. The Morgan fingerprint density at radius 1 is 1.32 bits per heavy atom. The van der Waals surface area contributed by atoms with E-state index in [-0.39, 0.29) is 6.04 Å². The lowest BCUT2D eigenvalue weighted by atomic mass is 10.0. The van der Waals surface area contributed by atoms with Crippen molar-refractivity contribution in [2.45, 2.75) is 32.7 Å². The predicted molar refractivity (Wildman–Crippen MR) is 70.8 cm³/mol. The van der Waals surface area contributed by atoms with E-state index in [0.717, 1.165) is 31.2 Å². The van der Waals surface area contributed by atoms with Crippen molar-refractivity contribution in [1.29, 1.82) is 0 Å². The lowest BCUT2D eigenvalue weighted by molar-refractivity contribution is 0.214. The number of ether oxygens (including phenoxy) is 1. The molecule has 1 unspecified atom stereocenters. The highest BCUT2D eigenvalue weighted by Crippen LogP contribution is 2.29. The molecule has 0 amide bonds. The number of nitrogens with one attached hydrogen (secondary N) is 1. The van der Waals surface area contributed by atoms with Crippen molar-refractivity contribution in [3.05, 3.63) is 46.7 Å². The third-order valence-electron chi connectivity index (χ3n) is 3.20. The average molecular weight is 267 g/mol. The first-order valence-electron chi connectivity index (χ1n) is 6.65. The summed E-state index contributed by atoms with van der Waals surface area (Å²) in [4.78, 5) is 0. The van der Waals surface area contributed by atoms with Gasteiger partial charge >= 0.3 is 0 Å². The quantitative estimate of drug-likeness (QED) is 0.879. The van der Waals surface area contributed by atoms with E-state index in [4.69, 9.17) is 4.74 Å². The molecule has 0 spiro atoms. The molecule has 2 rings (SSSR count). The monoisotopic (exact) mass is 267 g/mol. The molecule has 1 aromatic rings. The Balaban J connectivity index is 2.34. The van der Waals surface area contributed by atoms with Crippen molar-refractivity contribution in [3.63, 3.8) is 0 Å². The van der Waals surface area contributed by atoms with E-state index >= 15 is 0 Å². The molecule has 1 aliphatic rings. The lowest BCUT2D eigenvalue weighted by Crippen LogP contribution is -2.25. The summed E-state index contributed by atoms with van der Waals surface area (Å²) in [7, 11) is 0. The Bertz CT molecular complexity index is 485. The smallest absolute Gasteiger partial charge is 0.131 e. The van der Waals surface area contributed by atoms with Gasteiger partial charge in [0.15, 0.2) is 0 Å². The van der Waals surface area contributed by atoms with Crippen LogP contribution in [0, 0.1) is 18.6 Å². The number of hydrogen-bond donors (Lipinski definition) is 1. The molecule has 104 valence electrons. The molecule has 2 nitrogen and oxygen atoms in total. The van der Waals surface area contributed by atoms with Crippen molar-refractivity contribution < 1.29 is 13.5 Å². The van der Waals surface area contributed by atoms with Gasteiger partial charge in [-0.15, -0.1) is 0 Å². The topological polar surface area (TPSA) is 21.3 Å². The zero-order valence-electron chi connectivity index (χ0n) is 11.3. The highest BCUT2D eigenvalue weighted by molar-refractivity contribution is 5.32. The summed E-state index contributed by atoms with van der Waals surface area (Å²) >= 11 is 0. The van der Waals surface area contributed by atoms with E-state index in [9.17, 15) is 8.78 Å². The fourth-order valence-electron chi connectivity index (χ4n) is 2.19. The maximum atomic E-state index is 14.0. The summed E-state index contributed by atoms with van der Waals surface area (Å²) in [5.74, 6) is -0.316. The maximum absolute atomic E-state index is 14.0. The van der Waals surface area contributed by atoms with Gasteiger partial charge in [0.2, 0.25) is 0 Å². The summed E-state index contributed by atoms with van der Waals surface area (Å²) in [5.41, 5.74) is 0.888. The minimum absolute atomic E-state index is 0.332. The SMILES string of the molecule is CCCNC(C1=CCCO1)c1cc(C)c(F)cc1F. The van der Waals surface area contributed by atoms with Gasteiger partial charge in [-0.3, -0.25) is 0 Å². The minimum Gasteiger partial charge on any atom is -0.496 e. The van der Waals surface area contributed by atoms with Gasteiger partial charge in [0.1, 0.15) is 17.4 Å². The molecule has 0 saturated heterocycles. The molecule has 1 aliphatic heterocycles. The van der Waals surface area contributed by atoms with Crippen LogP contribution >= 0.6 is 0 Å². The summed E-state index contributed by atoms with van der Waals surface area (Å²) in [6, 6.07) is 2.17. The summed E-state index contributed by atoms with van der Waals surface area (Å²) in [6.45, 7) is 5.06. The first-order chi connectivity index (χ1) is 9.13. The molecule has 1 N–H and O–H groups in total. The normalized spacial score (nSPS) is 16.1. The summed E-state index contributed by atoms with van der Waals surface area (Å²) in [5, 5.41) is 3.26. The Morgan fingerprint density at radius 2 is 2.11 bits per heavy atom. The zero-order valence-corrected chi connectivity index (χ0v) is 11.3. The van der Waals surface area contributed by atoms with Gasteiger partial charge in [0.05, 0.1) is 12.6 Å². The number of halogens is 2. The van der Waals surface area contributed by atoms with E-state index in [0.29, 0.717) is 17.7 Å². The second-order valence-corrected chi connectivity index (χ2v) is 4.75. The van der Waals surface area contributed by atoms with Crippen LogP contribution in [0.15, 0.2) is 24.0 Å². The van der Waals surface area contributed by atoms with Crippen molar-refractivity contribution >= 4 is 0 Å². The van der Waals surface area contributed by atoms with Crippen LogP contribution < -0.4 is 5.32 Å². The predicted octanol–water partition coefficient (Wildman–Crippen LogP) is 3.62. The Morgan fingerprint density at radius 3 is 2.74 bits per heavy atom. The highest BCUT2D eigenvalue weighted by atomic mass is 19.1. The van der Waals surface area contributed by atoms with Gasteiger partial charge in [-0.2, -0.15) is 0 Å². The van der Waals surface area contributed by atoms with E-state index < -0.39 is 11.6 Å². The summed E-state index contributed by atoms with van der Waals surface area (Å²) < 4.78 is 32.9. The number of benzene rings is 1. The molecule has 1 heterocycles. The van der Waals surface area contributed by atoms with Crippen molar-refractivity contribution in [1.82, 2.24) is 5.32 Å². The third kappa shape index (κ3) is 3.13. The largest absolute Gasteiger partial charge is 0.496 e. The van der Waals surface area contributed by atoms with Crippen LogP contribution in [0.3, 0.4) is 0 Å². The van der Waals surface area contributed by atoms with Crippen LogP contribution in [-0.4, -0.2) is 13.2 Å². The fraction of sp³-hybridized carbons (Fsp3) is 0.467. The number of rotatable bonds is 5. The van der Waals surface area contributed by atoms with E-state index in [1.54, 1.807) is 13.0 Å². The molecule has 19 heavy (non-hydrogen) atoms. The van der Waals surface area contributed by atoms with Gasteiger partial charge in [0.25, 0.3) is 0 Å². The molecule has 1 aromatic carbocycles. The van der Waals surface area contributed by atoms with E-state index in [2.05, 4.69) is 5.32 Å². The second-order valence-electron chi connectivity index (χ2n) is 4.75. The zero-order chi connectivity index (χ0) is 13.8. The van der Waals surface area contributed by atoms with Crippen molar-refractivity contribution in [2.75, 3.05) is 13.2 Å². The van der Waals surface area contributed by atoms with Gasteiger partial charge in [0, 0.05) is 18.1 Å². The second kappa shape index (κ2) is 6.15. The van der Waals surface area contributed by atoms with Gasteiger partial charge in [-0.1, -0.05) is 6.92 Å². The van der Waals surface area contributed by atoms with Crippen LogP contribution in [0.2, 0.25) is 0 Å². The molecule has 0 aliphatic carbocycles. The summed E-state index contributed by atoms with van der Waals surface area (Å²) in [6.07, 6.45) is 3.73. The molecule has 4 heteroatoms. The van der Waals surface area contributed by atoms with Gasteiger partial charge < -0.3 is 10.1 Å². The molecule has 0 radical (unpaired) electrons.